The Morgan fingerprint density at radius 1 is 1.53 bits per heavy atom. The average molecular weight is 237 g/mol. The number of aryl methyl sites for hydroxylation is 1. The smallest absolute Gasteiger partial charge is 0.131 e. The van der Waals surface area contributed by atoms with Crippen LogP contribution in [0.3, 0.4) is 0 Å². The van der Waals surface area contributed by atoms with Crippen molar-refractivity contribution in [1.29, 1.82) is 0 Å². The normalized spacial score (nSPS) is 12.5. The van der Waals surface area contributed by atoms with Crippen molar-refractivity contribution in [3.8, 4) is 0 Å². The van der Waals surface area contributed by atoms with Crippen LogP contribution in [0.2, 0.25) is 0 Å². The molecule has 0 aliphatic rings. The number of nitrogens with zero attached hydrogens (tertiary/aromatic N) is 2. The van der Waals surface area contributed by atoms with Crippen LogP contribution in [-0.4, -0.2) is 38.3 Å². The third kappa shape index (κ3) is 3.68. The van der Waals surface area contributed by atoms with Crippen LogP contribution in [-0.2, 0) is 11.2 Å². The number of aromatic nitrogens is 1. The van der Waals surface area contributed by atoms with Crippen LogP contribution in [0.5, 0.6) is 0 Å². The van der Waals surface area contributed by atoms with Gasteiger partial charge in [0.1, 0.15) is 5.82 Å². The minimum atomic E-state index is 0.312. The summed E-state index contributed by atoms with van der Waals surface area (Å²) in [6, 6.07) is 2.47. The molecule has 96 valence electrons. The van der Waals surface area contributed by atoms with E-state index in [0.29, 0.717) is 19.2 Å². The molecule has 0 spiro atoms. The molecule has 0 amide bonds. The van der Waals surface area contributed by atoms with E-state index in [2.05, 4.69) is 29.8 Å². The summed E-state index contributed by atoms with van der Waals surface area (Å²) in [6.07, 6.45) is 2.79. The molecular weight excluding hydrogens is 214 g/mol. The predicted octanol–water partition coefficient (Wildman–Crippen LogP) is 1.36. The second-order valence-corrected chi connectivity index (χ2v) is 4.44. The Labute approximate surface area is 104 Å². The molecule has 0 aliphatic carbocycles. The van der Waals surface area contributed by atoms with E-state index in [9.17, 15) is 0 Å². The number of likely N-dealkylation sites (N-methyl/N-ethyl adjacent to an activating group) is 1. The molecule has 0 saturated heterocycles. The van der Waals surface area contributed by atoms with E-state index in [1.54, 1.807) is 7.11 Å². The van der Waals surface area contributed by atoms with Gasteiger partial charge in [-0.15, -0.1) is 0 Å². The van der Waals surface area contributed by atoms with Crippen molar-refractivity contribution in [3.63, 3.8) is 0 Å². The van der Waals surface area contributed by atoms with E-state index in [1.807, 2.05) is 13.2 Å². The number of nitrogens with two attached hydrogens (primary N) is 1. The molecule has 0 radical (unpaired) electrons. The average Bonchev–Trinajstić information content (AvgIpc) is 2.29. The first kappa shape index (κ1) is 13.9. The lowest BCUT2D eigenvalue weighted by atomic mass is 10.1. The topological polar surface area (TPSA) is 51.4 Å². The van der Waals surface area contributed by atoms with Gasteiger partial charge in [-0.3, -0.25) is 0 Å². The van der Waals surface area contributed by atoms with Gasteiger partial charge in [0.2, 0.25) is 0 Å². The molecular formula is C13H23N3O. The molecule has 1 aromatic heterocycles. The second-order valence-electron chi connectivity index (χ2n) is 4.44. The quantitative estimate of drug-likeness (QED) is 0.811. The minimum Gasteiger partial charge on any atom is -0.383 e. The fraction of sp³-hybridized carbons (Fsp3) is 0.615. The van der Waals surface area contributed by atoms with Gasteiger partial charge in [-0.1, -0.05) is 6.07 Å². The summed E-state index contributed by atoms with van der Waals surface area (Å²) in [7, 11) is 3.76. The van der Waals surface area contributed by atoms with E-state index in [0.717, 1.165) is 12.2 Å². The lowest BCUT2D eigenvalue weighted by Crippen LogP contribution is -2.33. The maximum absolute atomic E-state index is 5.54. The van der Waals surface area contributed by atoms with Crippen LogP contribution >= 0.6 is 0 Å². The van der Waals surface area contributed by atoms with Crippen molar-refractivity contribution in [2.45, 2.75) is 26.3 Å². The maximum atomic E-state index is 5.54. The third-order valence-electron chi connectivity index (χ3n) is 2.94. The Morgan fingerprint density at radius 3 is 2.76 bits per heavy atom. The van der Waals surface area contributed by atoms with Crippen LogP contribution in [0.4, 0.5) is 5.82 Å². The Kier molecular flexibility index (Phi) is 5.38. The maximum Gasteiger partial charge on any atom is 0.131 e. The van der Waals surface area contributed by atoms with Gasteiger partial charge >= 0.3 is 0 Å². The number of ether oxygens (including phenoxy) is 1. The number of hydrogen-bond acceptors (Lipinski definition) is 4. The van der Waals surface area contributed by atoms with E-state index in [-0.39, 0.29) is 0 Å². The highest BCUT2D eigenvalue weighted by molar-refractivity contribution is 5.47. The van der Waals surface area contributed by atoms with Crippen LogP contribution in [0, 0.1) is 6.92 Å². The van der Waals surface area contributed by atoms with Crippen molar-refractivity contribution in [1.82, 2.24) is 4.98 Å². The van der Waals surface area contributed by atoms with Gasteiger partial charge < -0.3 is 15.4 Å². The minimum absolute atomic E-state index is 0.312. The van der Waals surface area contributed by atoms with Gasteiger partial charge in [0, 0.05) is 20.4 Å². The molecule has 1 heterocycles. The Bertz CT molecular complexity index is 355. The van der Waals surface area contributed by atoms with Gasteiger partial charge in [-0.25, -0.2) is 4.98 Å². The Morgan fingerprint density at radius 2 is 2.24 bits per heavy atom. The molecule has 1 unspecified atom stereocenters. The summed E-state index contributed by atoms with van der Waals surface area (Å²) in [6.45, 7) is 5.56. The summed E-state index contributed by atoms with van der Waals surface area (Å²) in [5.74, 6) is 1.01. The summed E-state index contributed by atoms with van der Waals surface area (Å²) in [4.78, 5) is 6.66. The molecule has 0 saturated carbocycles. The van der Waals surface area contributed by atoms with E-state index >= 15 is 0 Å². The number of methoxy groups -OCH3 is 1. The van der Waals surface area contributed by atoms with E-state index in [4.69, 9.17) is 10.5 Å². The molecule has 1 aromatic rings. The van der Waals surface area contributed by atoms with Gasteiger partial charge in [0.25, 0.3) is 0 Å². The van der Waals surface area contributed by atoms with Crippen molar-refractivity contribution >= 4 is 5.82 Å². The summed E-state index contributed by atoms with van der Waals surface area (Å²) < 4.78 is 5.16. The summed E-state index contributed by atoms with van der Waals surface area (Å²) >= 11 is 0. The van der Waals surface area contributed by atoms with Gasteiger partial charge in [-0.2, -0.15) is 0 Å². The zero-order valence-electron chi connectivity index (χ0n) is 11.2. The molecule has 0 fully saturated rings. The van der Waals surface area contributed by atoms with Crippen LogP contribution in [0.25, 0.3) is 0 Å². The van der Waals surface area contributed by atoms with E-state index < -0.39 is 0 Å². The molecule has 1 rings (SSSR count). The predicted molar refractivity (Wildman–Crippen MR) is 71.5 cm³/mol. The van der Waals surface area contributed by atoms with Gasteiger partial charge in [0.15, 0.2) is 0 Å². The van der Waals surface area contributed by atoms with Crippen molar-refractivity contribution in [3.05, 3.63) is 23.4 Å². The van der Waals surface area contributed by atoms with Crippen molar-refractivity contribution < 1.29 is 4.74 Å². The zero-order valence-corrected chi connectivity index (χ0v) is 11.2. The highest BCUT2D eigenvalue weighted by Crippen LogP contribution is 2.18. The molecule has 17 heavy (non-hydrogen) atoms. The fourth-order valence-corrected chi connectivity index (χ4v) is 1.86. The Hall–Kier alpha value is -1.13. The van der Waals surface area contributed by atoms with Gasteiger partial charge in [0.05, 0.1) is 12.6 Å². The first-order chi connectivity index (χ1) is 8.10. The molecule has 4 heteroatoms. The van der Waals surface area contributed by atoms with Gasteiger partial charge in [-0.05, 0) is 37.9 Å². The SMILES string of the molecule is COCC(C)N(C)c1ncc(CCN)cc1C. The highest BCUT2D eigenvalue weighted by Gasteiger charge is 2.13. The lowest BCUT2D eigenvalue weighted by molar-refractivity contribution is 0.183. The molecule has 1 atom stereocenters. The standard InChI is InChI=1S/C13H23N3O/c1-10-7-12(5-6-14)8-15-13(10)16(3)11(2)9-17-4/h7-8,11H,5-6,9,14H2,1-4H3. The molecule has 0 aliphatic heterocycles. The van der Waals surface area contributed by atoms with Crippen LogP contribution in [0.1, 0.15) is 18.1 Å². The second kappa shape index (κ2) is 6.57. The number of pyridine rings is 1. The molecule has 0 bridgehead atoms. The molecule has 0 aromatic carbocycles. The summed E-state index contributed by atoms with van der Waals surface area (Å²) in [5.41, 5.74) is 7.92. The largest absolute Gasteiger partial charge is 0.383 e. The summed E-state index contributed by atoms with van der Waals surface area (Å²) in [5, 5.41) is 0. The first-order valence-corrected chi connectivity index (χ1v) is 5.97. The van der Waals surface area contributed by atoms with Crippen LogP contribution < -0.4 is 10.6 Å². The lowest BCUT2D eigenvalue weighted by Gasteiger charge is -2.26. The fourth-order valence-electron chi connectivity index (χ4n) is 1.86. The first-order valence-electron chi connectivity index (χ1n) is 5.97. The highest BCUT2D eigenvalue weighted by atomic mass is 16.5. The molecule has 4 nitrogen and oxygen atoms in total. The van der Waals surface area contributed by atoms with E-state index in [1.165, 1.54) is 11.1 Å². The Balaban J connectivity index is 2.83. The molecule has 2 N–H and O–H groups in total. The number of rotatable bonds is 6. The number of anilines is 1. The van der Waals surface area contributed by atoms with Crippen LogP contribution in [0.15, 0.2) is 12.3 Å². The number of hydrogen-bond donors (Lipinski definition) is 1. The third-order valence-corrected chi connectivity index (χ3v) is 2.94. The zero-order chi connectivity index (χ0) is 12.8. The monoisotopic (exact) mass is 237 g/mol. The van der Waals surface area contributed by atoms with Crippen molar-refractivity contribution in [2.75, 3.05) is 32.2 Å². The van der Waals surface area contributed by atoms with Crippen molar-refractivity contribution in [2.24, 2.45) is 5.73 Å².